The largest absolute Gasteiger partial charge is 0.462 e. The molecule has 2 N–H and O–H groups in total. The highest BCUT2D eigenvalue weighted by Crippen LogP contribution is 2.22. The van der Waals surface area contributed by atoms with E-state index in [4.69, 9.17) is 10.5 Å². The van der Waals surface area contributed by atoms with Crippen LogP contribution in [-0.4, -0.2) is 27.2 Å². The van der Waals surface area contributed by atoms with Crippen molar-refractivity contribution >= 4 is 28.3 Å². The minimum absolute atomic E-state index is 0.263. The van der Waals surface area contributed by atoms with Crippen LogP contribution in [0.4, 0.5) is 5.82 Å². The summed E-state index contributed by atoms with van der Waals surface area (Å²) in [5.41, 5.74) is 8.26. The third kappa shape index (κ3) is 1.69. The van der Waals surface area contributed by atoms with Gasteiger partial charge >= 0.3 is 5.97 Å². The fourth-order valence-corrected chi connectivity index (χ4v) is 2.06. The molecule has 1 aromatic carbocycles. The SMILES string of the molecule is CCOC(=O)c1cnn2c1c(N)nc1ccccc12. The number of hydrogen-bond donors (Lipinski definition) is 1. The quantitative estimate of drug-likeness (QED) is 0.705. The summed E-state index contributed by atoms with van der Waals surface area (Å²) in [5, 5.41) is 4.21. The van der Waals surface area contributed by atoms with Gasteiger partial charge in [-0.1, -0.05) is 12.1 Å². The number of ether oxygens (including phenoxy) is 1. The van der Waals surface area contributed by atoms with Crippen LogP contribution in [0.2, 0.25) is 0 Å². The summed E-state index contributed by atoms with van der Waals surface area (Å²) in [4.78, 5) is 16.1. The van der Waals surface area contributed by atoms with E-state index in [-0.39, 0.29) is 5.82 Å². The molecule has 0 fully saturated rings. The van der Waals surface area contributed by atoms with Crippen LogP contribution in [0.1, 0.15) is 17.3 Å². The number of para-hydroxylation sites is 2. The van der Waals surface area contributed by atoms with Crippen molar-refractivity contribution in [2.24, 2.45) is 0 Å². The average Bonchev–Trinajstić information content (AvgIpc) is 2.85. The number of anilines is 1. The molecule has 3 rings (SSSR count). The zero-order valence-electron chi connectivity index (χ0n) is 10.3. The van der Waals surface area contributed by atoms with Crippen LogP contribution in [0.15, 0.2) is 30.5 Å². The van der Waals surface area contributed by atoms with E-state index in [0.717, 1.165) is 11.0 Å². The van der Waals surface area contributed by atoms with Crippen molar-refractivity contribution in [3.63, 3.8) is 0 Å². The number of esters is 1. The van der Waals surface area contributed by atoms with E-state index < -0.39 is 5.97 Å². The molecule has 6 nitrogen and oxygen atoms in total. The third-order valence-corrected chi connectivity index (χ3v) is 2.86. The second kappa shape index (κ2) is 4.24. The van der Waals surface area contributed by atoms with E-state index in [0.29, 0.717) is 17.7 Å². The number of nitrogen functional groups attached to an aromatic ring is 1. The number of hydrogen-bond acceptors (Lipinski definition) is 5. The topological polar surface area (TPSA) is 82.5 Å². The molecule has 19 heavy (non-hydrogen) atoms. The van der Waals surface area contributed by atoms with Crippen molar-refractivity contribution in [1.29, 1.82) is 0 Å². The molecule has 96 valence electrons. The lowest BCUT2D eigenvalue weighted by molar-refractivity contribution is 0.0528. The summed E-state index contributed by atoms with van der Waals surface area (Å²) in [6.07, 6.45) is 1.46. The van der Waals surface area contributed by atoms with Gasteiger partial charge in [-0.3, -0.25) is 0 Å². The highest BCUT2D eigenvalue weighted by atomic mass is 16.5. The zero-order valence-corrected chi connectivity index (χ0v) is 10.3. The van der Waals surface area contributed by atoms with Crippen molar-refractivity contribution in [3.05, 3.63) is 36.0 Å². The van der Waals surface area contributed by atoms with Crippen LogP contribution in [0, 0.1) is 0 Å². The highest BCUT2D eigenvalue weighted by Gasteiger charge is 2.18. The molecule has 0 bridgehead atoms. The lowest BCUT2D eigenvalue weighted by Gasteiger charge is -2.05. The van der Waals surface area contributed by atoms with Gasteiger partial charge in [-0.2, -0.15) is 5.10 Å². The van der Waals surface area contributed by atoms with Gasteiger partial charge in [0.1, 0.15) is 11.1 Å². The van der Waals surface area contributed by atoms with Crippen LogP contribution in [0.5, 0.6) is 0 Å². The lowest BCUT2D eigenvalue weighted by atomic mass is 10.2. The highest BCUT2D eigenvalue weighted by molar-refractivity contribution is 6.01. The van der Waals surface area contributed by atoms with Crippen molar-refractivity contribution in [2.45, 2.75) is 6.92 Å². The molecule has 0 unspecified atom stereocenters. The molecule has 6 heteroatoms. The standard InChI is InChI=1S/C13H12N4O2/c1-2-19-13(18)8-7-15-17-10-6-4-3-5-9(10)16-12(14)11(8)17/h3-7H,2H2,1H3,(H2,14,16). The molecule has 0 radical (unpaired) electrons. The Bertz CT molecular complexity index is 779. The Kier molecular flexibility index (Phi) is 2.56. The van der Waals surface area contributed by atoms with Gasteiger partial charge in [-0.15, -0.1) is 0 Å². The minimum Gasteiger partial charge on any atom is -0.462 e. The van der Waals surface area contributed by atoms with E-state index in [2.05, 4.69) is 10.1 Å². The first kappa shape index (κ1) is 11.5. The monoisotopic (exact) mass is 256 g/mol. The van der Waals surface area contributed by atoms with Gasteiger partial charge in [-0.25, -0.2) is 14.3 Å². The van der Waals surface area contributed by atoms with Gasteiger partial charge in [0.25, 0.3) is 0 Å². The maximum absolute atomic E-state index is 11.8. The van der Waals surface area contributed by atoms with Crippen molar-refractivity contribution in [2.75, 3.05) is 12.3 Å². The van der Waals surface area contributed by atoms with Gasteiger partial charge < -0.3 is 10.5 Å². The van der Waals surface area contributed by atoms with E-state index >= 15 is 0 Å². The normalized spacial score (nSPS) is 11.0. The number of fused-ring (bicyclic) bond motifs is 3. The summed E-state index contributed by atoms with van der Waals surface area (Å²) in [6.45, 7) is 2.05. The first-order valence-corrected chi connectivity index (χ1v) is 5.91. The number of carbonyl (C=O) groups excluding carboxylic acids is 1. The summed E-state index contributed by atoms with van der Waals surface area (Å²) in [6, 6.07) is 7.47. The smallest absolute Gasteiger partial charge is 0.342 e. The lowest BCUT2D eigenvalue weighted by Crippen LogP contribution is -2.06. The minimum atomic E-state index is -0.443. The first-order chi connectivity index (χ1) is 9.22. The second-order valence-electron chi connectivity index (χ2n) is 4.02. The number of rotatable bonds is 2. The Hall–Kier alpha value is -2.63. The van der Waals surface area contributed by atoms with Crippen LogP contribution in [0.3, 0.4) is 0 Å². The number of aromatic nitrogens is 3. The third-order valence-electron chi connectivity index (χ3n) is 2.86. The Morgan fingerprint density at radius 2 is 2.21 bits per heavy atom. The van der Waals surface area contributed by atoms with E-state index in [1.165, 1.54) is 6.20 Å². The fraction of sp³-hybridized carbons (Fsp3) is 0.154. The van der Waals surface area contributed by atoms with Gasteiger partial charge in [0, 0.05) is 0 Å². The van der Waals surface area contributed by atoms with Gasteiger partial charge in [0.15, 0.2) is 5.82 Å². The summed E-state index contributed by atoms with van der Waals surface area (Å²) >= 11 is 0. The molecular formula is C13H12N4O2. The predicted molar refractivity (Wildman–Crippen MR) is 70.9 cm³/mol. The zero-order chi connectivity index (χ0) is 13.4. The molecule has 2 heterocycles. The maximum atomic E-state index is 11.8. The van der Waals surface area contributed by atoms with Crippen molar-refractivity contribution in [3.8, 4) is 0 Å². The van der Waals surface area contributed by atoms with Crippen molar-refractivity contribution in [1.82, 2.24) is 14.6 Å². The fourth-order valence-electron chi connectivity index (χ4n) is 2.06. The summed E-state index contributed by atoms with van der Waals surface area (Å²) in [7, 11) is 0. The van der Waals surface area contributed by atoms with E-state index in [1.54, 1.807) is 11.4 Å². The molecular weight excluding hydrogens is 244 g/mol. The Labute approximate surface area is 108 Å². The molecule has 0 aliphatic rings. The van der Waals surface area contributed by atoms with Gasteiger partial charge in [-0.05, 0) is 19.1 Å². The number of nitrogens with zero attached hydrogens (tertiary/aromatic N) is 3. The van der Waals surface area contributed by atoms with Crippen LogP contribution in [0.25, 0.3) is 16.6 Å². The maximum Gasteiger partial charge on any atom is 0.342 e. The van der Waals surface area contributed by atoms with Crippen molar-refractivity contribution < 1.29 is 9.53 Å². The molecule has 3 aromatic rings. The van der Waals surface area contributed by atoms with E-state index in [9.17, 15) is 4.79 Å². The molecule has 0 aliphatic carbocycles. The Morgan fingerprint density at radius 1 is 1.42 bits per heavy atom. The number of carbonyl (C=O) groups is 1. The average molecular weight is 256 g/mol. The van der Waals surface area contributed by atoms with Crippen LogP contribution < -0.4 is 5.73 Å². The summed E-state index contributed by atoms with van der Waals surface area (Å²) in [5.74, 6) is -0.180. The van der Waals surface area contributed by atoms with Crippen LogP contribution >= 0.6 is 0 Å². The van der Waals surface area contributed by atoms with Gasteiger partial charge in [0.2, 0.25) is 0 Å². The molecule has 2 aromatic heterocycles. The van der Waals surface area contributed by atoms with Crippen LogP contribution in [-0.2, 0) is 4.74 Å². The molecule has 0 aliphatic heterocycles. The van der Waals surface area contributed by atoms with Gasteiger partial charge in [0.05, 0.1) is 23.8 Å². The second-order valence-corrected chi connectivity index (χ2v) is 4.02. The number of nitrogens with two attached hydrogens (primary N) is 1. The molecule has 0 saturated heterocycles. The molecule has 0 spiro atoms. The first-order valence-electron chi connectivity index (χ1n) is 5.91. The molecule has 0 saturated carbocycles. The van der Waals surface area contributed by atoms with E-state index in [1.807, 2.05) is 24.3 Å². The number of benzene rings is 1. The Balaban J connectivity index is 2.34. The predicted octanol–water partition coefficient (Wildman–Crippen LogP) is 1.64. The Morgan fingerprint density at radius 3 is 3.00 bits per heavy atom. The molecule has 0 amide bonds. The molecule has 0 atom stereocenters. The summed E-state index contributed by atoms with van der Waals surface area (Å²) < 4.78 is 6.60.